The monoisotopic (exact) mass is 413 g/mol. The Morgan fingerprint density at radius 1 is 1.13 bits per heavy atom. The molecule has 1 heterocycles. The van der Waals surface area contributed by atoms with Gasteiger partial charge in [-0.1, -0.05) is 12.1 Å². The van der Waals surface area contributed by atoms with Crippen molar-refractivity contribution in [1.29, 1.82) is 0 Å². The third-order valence-corrected chi connectivity index (χ3v) is 4.87. The van der Waals surface area contributed by atoms with E-state index in [1.165, 1.54) is 36.3 Å². The van der Waals surface area contributed by atoms with E-state index in [1.807, 2.05) is 6.07 Å². The van der Waals surface area contributed by atoms with Gasteiger partial charge in [0.15, 0.2) is 11.5 Å². The van der Waals surface area contributed by atoms with Crippen LogP contribution in [0.3, 0.4) is 0 Å². The predicted octanol–water partition coefficient (Wildman–Crippen LogP) is 2.53. The Hall–Kier alpha value is -3.42. The van der Waals surface area contributed by atoms with Crippen LogP contribution < -0.4 is 14.8 Å². The Morgan fingerprint density at radius 2 is 1.83 bits per heavy atom. The van der Waals surface area contributed by atoms with Crippen LogP contribution in [0, 0.1) is 5.82 Å². The van der Waals surface area contributed by atoms with Crippen LogP contribution >= 0.6 is 0 Å². The minimum Gasteiger partial charge on any atom is -0.493 e. The molecule has 0 saturated heterocycles. The van der Waals surface area contributed by atoms with Crippen molar-refractivity contribution in [3.8, 4) is 11.5 Å². The summed E-state index contributed by atoms with van der Waals surface area (Å²) in [7, 11) is 3.07. The molecule has 1 N–H and O–H groups in total. The number of aliphatic imine (C=N–C) groups is 1. The molecular formula is C22H24FN3O4. The number of nitrogens with one attached hydrogen (secondary N) is 1. The normalized spacial score (nSPS) is 15.0. The summed E-state index contributed by atoms with van der Waals surface area (Å²) in [6, 6.07) is 10.9. The van der Waals surface area contributed by atoms with E-state index in [0.717, 1.165) is 5.56 Å². The lowest BCUT2D eigenvalue weighted by molar-refractivity contribution is -0.134. The number of carbonyl (C=O) groups is 2. The molecule has 2 aromatic carbocycles. The van der Waals surface area contributed by atoms with E-state index in [2.05, 4.69) is 10.3 Å². The lowest BCUT2D eigenvalue weighted by Gasteiger charge is -2.28. The molecule has 0 aromatic heterocycles. The fourth-order valence-electron chi connectivity index (χ4n) is 3.31. The molecule has 0 fully saturated rings. The van der Waals surface area contributed by atoms with E-state index in [0.29, 0.717) is 17.1 Å². The lowest BCUT2D eigenvalue weighted by atomic mass is 10.1. The summed E-state index contributed by atoms with van der Waals surface area (Å²) in [5.74, 6) is 0.00286. The van der Waals surface area contributed by atoms with Crippen LogP contribution in [0.1, 0.15) is 25.0 Å². The zero-order valence-corrected chi connectivity index (χ0v) is 17.4. The van der Waals surface area contributed by atoms with E-state index in [9.17, 15) is 14.0 Å². The van der Waals surface area contributed by atoms with E-state index in [-0.39, 0.29) is 30.6 Å². The van der Waals surface area contributed by atoms with Crippen molar-refractivity contribution < 1.29 is 23.5 Å². The molecule has 2 amide bonds. The molecule has 0 spiro atoms. The van der Waals surface area contributed by atoms with Crippen molar-refractivity contribution in [3.05, 3.63) is 59.4 Å². The van der Waals surface area contributed by atoms with Crippen LogP contribution in [-0.4, -0.2) is 48.9 Å². The molecule has 7 nitrogen and oxygen atoms in total. The average Bonchev–Trinajstić information content (AvgIpc) is 2.95. The van der Waals surface area contributed by atoms with Gasteiger partial charge in [0.1, 0.15) is 23.7 Å². The topological polar surface area (TPSA) is 80.2 Å². The first-order valence-corrected chi connectivity index (χ1v) is 9.41. The average molecular weight is 413 g/mol. The van der Waals surface area contributed by atoms with Crippen LogP contribution in [0.5, 0.6) is 11.5 Å². The van der Waals surface area contributed by atoms with Crippen molar-refractivity contribution >= 4 is 17.5 Å². The molecule has 0 saturated carbocycles. The maximum atomic E-state index is 13.2. The number of methoxy groups -OCH3 is 2. The highest BCUT2D eigenvalue weighted by atomic mass is 19.1. The van der Waals surface area contributed by atoms with Crippen LogP contribution in [0.2, 0.25) is 0 Å². The lowest BCUT2D eigenvalue weighted by Crippen LogP contribution is -2.48. The minimum absolute atomic E-state index is 0.160. The van der Waals surface area contributed by atoms with Crippen LogP contribution in [0.25, 0.3) is 0 Å². The highest BCUT2D eigenvalue weighted by molar-refractivity contribution is 6.46. The van der Waals surface area contributed by atoms with Gasteiger partial charge in [0.2, 0.25) is 5.91 Å². The van der Waals surface area contributed by atoms with E-state index in [4.69, 9.17) is 9.47 Å². The summed E-state index contributed by atoms with van der Waals surface area (Å²) in [6.07, 6.45) is 0. The summed E-state index contributed by atoms with van der Waals surface area (Å²) in [5.41, 5.74) is 0.576. The highest BCUT2D eigenvalue weighted by Gasteiger charge is 2.41. The van der Waals surface area contributed by atoms with Crippen molar-refractivity contribution in [3.63, 3.8) is 0 Å². The smallest absolute Gasteiger partial charge is 0.275 e. The second kappa shape index (κ2) is 8.52. The van der Waals surface area contributed by atoms with Gasteiger partial charge in [-0.2, -0.15) is 0 Å². The maximum absolute atomic E-state index is 13.2. The summed E-state index contributed by atoms with van der Waals surface area (Å²) < 4.78 is 23.8. The number of carbonyl (C=O) groups excluding carboxylic acids is 2. The van der Waals surface area contributed by atoms with Crippen LogP contribution in [0.15, 0.2) is 47.5 Å². The molecular weight excluding hydrogens is 389 g/mol. The first-order chi connectivity index (χ1) is 14.3. The van der Waals surface area contributed by atoms with Crippen LogP contribution in [0.4, 0.5) is 4.39 Å². The van der Waals surface area contributed by atoms with Crippen LogP contribution in [-0.2, 0) is 16.1 Å². The van der Waals surface area contributed by atoms with Gasteiger partial charge in [0.25, 0.3) is 5.91 Å². The molecule has 1 aliphatic rings. The molecule has 2 aromatic rings. The van der Waals surface area contributed by atoms with E-state index >= 15 is 0 Å². The second-order valence-electron chi connectivity index (χ2n) is 7.28. The summed E-state index contributed by atoms with van der Waals surface area (Å²) in [5, 5.41) is 2.80. The molecule has 158 valence electrons. The number of hydrogen-bond donors (Lipinski definition) is 1. The van der Waals surface area contributed by atoms with E-state index < -0.39 is 11.5 Å². The molecule has 0 radical (unpaired) electrons. The summed E-state index contributed by atoms with van der Waals surface area (Å²) in [4.78, 5) is 31.3. The third kappa shape index (κ3) is 4.27. The quantitative estimate of drug-likeness (QED) is 0.757. The third-order valence-electron chi connectivity index (χ3n) is 4.87. The Labute approximate surface area is 174 Å². The Morgan fingerprint density at radius 3 is 2.47 bits per heavy atom. The van der Waals surface area contributed by atoms with Crippen molar-refractivity contribution in [2.75, 3.05) is 20.8 Å². The molecule has 30 heavy (non-hydrogen) atoms. The molecule has 3 rings (SSSR count). The predicted molar refractivity (Wildman–Crippen MR) is 110 cm³/mol. The molecule has 0 bridgehead atoms. The molecule has 1 aliphatic heterocycles. The SMILES string of the molecule is COc1cccc(CNC(=O)CN2C(=O)C(c3ccc(F)cc3)=NC2(C)C)c1OC. The number of rotatable bonds is 7. The van der Waals surface area contributed by atoms with Gasteiger partial charge in [-0.3, -0.25) is 14.6 Å². The number of benzene rings is 2. The summed E-state index contributed by atoms with van der Waals surface area (Å²) in [6.45, 7) is 3.55. The fourth-order valence-corrected chi connectivity index (χ4v) is 3.31. The largest absolute Gasteiger partial charge is 0.493 e. The standard InChI is InChI=1S/C22H24FN3O4/c1-22(2)25-19(14-8-10-16(23)11-9-14)21(28)26(22)13-18(27)24-12-15-6-5-7-17(29-3)20(15)30-4/h5-11H,12-13H2,1-4H3,(H,24,27). The second-order valence-corrected chi connectivity index (χ2v) is 7.28. The summed E-state index contributed by atoms with van der Waals surface area (Å²) >= 11 is 0. The van der Waals surface area contributed by atoms with Crippen molar-refractivity contribution in [2.24, 2.45) is 4.99 Å². The highest BCUT2D eigenvalue weighted by Crippen LogP contribution is 2.30. The van der Waals surface area contributed by atoms with Gasteiger partial charge in [-0.25, -0.2) is 4.39 Å². The molecule has 0 atom stereocenters. The Kier molecular flexibility index (Phi) is 6.05. The first-order valence-electron chi connectivity index (χ1n) is 9.41. The minimum atomic E-state index is -0.897. The maximum Gasteiger partial charge on any atom is 0.275 e. The fraction of sp³-hybridized carbons (Fsp3) is 0.318. The van der Waals surface area contributed by atoms with Gasteiger partial charge in [0, 0.05) is 17.7 Å². The van der Waals surface area contributed by atoms with Gasteiger partial charge in [-0.05, 0) is 44.2 Å². The molecule has 0 aliphatic carbocycles. The molecule has 8 heteroatoms. The first kappa shape index (κ1) is 21.3. The van der Waals surface area contributed by atoms with E-state index in [1.54, 1.807) is 33.1 Å². The number of para-hydroxylation sites is 1. The molecule has 0 unspecified atom stereocenters. The van der Waals surface area contributed by atoms with Crippen molar-refractivity contribution in [1.82, 2.24) is 10.2 Å². The number of nitrogens with zero attached hydrogens (tertiary/aromatic N) is 2. The van der Waals surface area contributed by atoms with Gasteiger partial charge in [0.05, 0.1) is 14.2 Å². The number of hydrogen-bond acceptors (Lipinski definition) is 5. The number of ether oxygens (including phenoxy) is 2. The zero-order valence-electron chi connectivity index (χ0n) is 17.4. The zero-order chi connectivity index (χ0) is 21.9. The van der Waals surface area contributed by atoms with Gasteiger partial charge in [-0.15, -0.1) is 0 Å². The Bertz CT molecular complexity index is 986. The number of amides is 2. The van der Waals surface area contributed by atoms with Gasteiger partial charge < -0.3 is 19.7 Å². The number of halogens is 1. The van der Waals surface area contributed by atoms with Crippen molar-refractivity contribution in [2.45, 2.75) is 26.1 Å². The van der Waals surface area contributed by atoms with Gasteiger partial charge >= 0.3 is 0 Å². The Balaban J connectivity index is 1.69.